The molecular formula is C16H16ClNO4S. The summed E-state index contributed by atoms with van der Waals surface area (Å²) in [5.41, 5.74) is 1.60. The zero-order valence-electron chi connectivity index (χ0n) is 12.7. The molecule has 2 rings (SSSR count). The second-order valence-electron chi connectivity index (χ2n) is 5.07. The fraction of sp³-hybridized carbons (Fsp3) is 0.188. The van der Waals surface area contributed by atoms with Gasteiger partial charge in [0.1, 0.15) is 5.75 Å². The van der Waals surface area contributed by atoms with Crippen LogP contribution in [0, 0.1) is 0 Å². The summed E-state index contributed by atoms with van der Waals surface area (Å²) in [5, 5.41) is 3.12. The molecule has 0 saturated heterocycles. The number of hydrogen-bond donors (Lipinski definition) is 1. The summed E-state index contributed by atoms with van der Waals surface area (Å²) in [5.74, 6) is 0.162. The molecular weight excluding hydrogens is 338 g/mol. The Labute approximate surface area is 140 Å². The van der Waals surface area contributed by atoms with Crippen LogP contribution in [-0.4, -0.2) is 27.7 Å². The number of benzene rings is 2. The Morgan fingerprint density at radius 3 is 2.35 bits per heavy atom. The minimum absolute atomic E-state index is 0.0526. The van der Waals surface area contributed by atoms with Crippen LogP contribution < -0.4 is 10.1 Å². The average Bonchev–Trinajstić information content (AvgIpc) is 2.46. The third kappa shape index (κ3) is 4.97. The SMILES string of the molecule is COc1ccc(NC(=O)c2ccc(CS(C)(=O)=O)cc2)cc1Cl. The van der Waals surface area contributed by atoms with Gasteiger partial charge >= 0.3 is 0 Å². The molecule has 0 aromatic heterocycles. The number of amides is 1. The van der Waals surface area contributed by atoms with Crippen molar-refractivity contribution in [3.05, 3.63) is 58.6 Å². The first-order chi connectivity index (χ1) is 10.8. The predicted octanol–water partition coefficient (Wildman–Crippen LogP) is 3.15. The van der Waals surface area contributed by atoms with Gasteiger partial charge in [0.25, 0.3) is 5.91 Å². The second kappa shape index (κ2) is 7.02. The molecule has 0 aliphatic rings. The van der Waals surface area contributed by atoms with Crippen LogP contribution in [0.2, 0.25) is 5.02 Å². The molecule has 1 N–H and O–H groups in total. The number of rotatable bonds is 5. The summed E-state index contributed by atoms with van der Waals surface area (Å²) in [6.07, 6.45) is 1.17. The van der Waals surface area contributed by atoms with Crippen molar-refractivity contribution in [2.75, 3.05) is 18.7 Å². The molecule has 7 heteroatoms. The molecule has 2 aromatic rings. The summed E-state index contributed by atoms with van der Waals surface area (Å²) in [4.78, 5) is 12.2. The van der Waals surface area contributed by atoms with Gasteiger partial charge in [-0.2, -0.15) is 0 Å². The molecule has 0 unspecified atom stereocenters. The van der Waals surface area contributed by atoms with Crippen LogP contribution in [0.5, 0.6) is 5.75 Å². The number of nitrogens with one attached hydrogen (secondary N) is 1. The number of halogens is 1. The second-order valence-corrected chi connectivity index (χ2v) is 7.62. The molecule has 5 nitrogen and oxygen atoms in total. The van der Waals surface area contributed by atoms with Gasteiger partial charge in [-0.3, -0.25) is 4.79 Å². The number of anilines is 1. The lowest BCUT2D eigenvalue weighted by Gasteiger charge is -2.08. The van der Waals surface area contributed by atoms with Crippen LogP contribution in [0.1, 0.15) is 15.9 Å². The average molecular weight is 354 g/mol. The van der Waals surface area contributed by atoms with E-state index in [0.29, 0.717) is 27.6 Å². The normalized spacial score (nSPS) is 11.1. The van der Waals surface area contributed by atoms with Gasteiger partial charge in [0.05, 0.1) is 17.9 Å². The zero-order valence-corrected chi connectivity index (χ0v) is 14.2. The third-order valence-electron chi connectivity index (χ3n) is 3.05. The highest BCUT2D eigenvalue weighted by Crippen LogP contribution is 2.27. The van der Waals surface area contributed by atoms with Gasteiger partial charge < -0.3 is 10.1 Å². The number of carbonyl (C=O) groups is 1. The Morgan fingerprint density at radius 2 is 1.83 bits per heavy atom. The molecule has 0 atom stereocenters. The molecule has 0 spiro atoms. The van der Waals surface area contributed by atoms with E-state index < -0.39 is 9.84 Å². The summed E-state index contributed by atoms with van der Waals surface area (Å²) in [6.45, 7) is 0. The van der Waals surface area contributed by atoms with Gasteiger partial charge in [0.2, 0.25) is 0 Å². The van der Waals surface area contributed by atoms with Gasteiger partial charge in [-0.15, -0.1) is 0 Å². The number of sulfone groups is 1. The summed E-state index contributed by atoms with van der Waals surface area (Å²) >= 11 is 6.01. The fourth-order valence-electron chi connectivity index (χ4n) is 2.00. The van der Waals surface area contributed by atoms with E-state index in [0.717, 1.165) is 0 Å². The maximum Gasteiger partial charge on any atom is 0.255 e. The standard InChI is InChI=1S/C16H16ClNO4S/c1-22-15-8-7-13(9-14(15)17)18-16(19)12-5-3-11(4-6-12)10-23(2,20)21/h3-9H,10H2,1-2H3,(H,18,19). The first-order valence-corrected chi connectivity index (χ1v) is 9.14. The van der Waals surface area contributed by atoms with Crippen molar-refractivity contribution in [1.29, 1.82) is 0 Å². The van der Waals surface area contributed by atoms with Gasteiger partial charge in [-0.05, 0) is 35.9 Å². The van der Waals surface area contributed by atoms with Crippen molar-refractivity contribution in [3.8, 4) is 5.75 Å². The number of carbonyl (C=O) groups excluding carboxylic acids is 1. The smallest absolute Gasteiger partial charge is 0.255 e. The van der Waals surface area contributed by atoms with Crippen LogP contribution in [-0.2, 0) is 15.6 Å². The van der Waals surface area contributed by atoms with E-state index in [2.05, 4.69) is 5.32 Å². The van der Waals surface area contributed by atoms with E-state index >= 15 is 0 Å². The van der Waals surface area contributed by atoms with Crippen LogP contribution in [0.4, 0.5) is 5.69 Å². The summed E-state index contributed by atoms with van der Waals surface area (Å²) in [6, 6.07) is 11.3. The topological polar surface area (TPSA) is 72.5 Å². The Balaban J connectivity index is 2.10. The van der Waals surface area contributed by atoms with Crippen molar-refractivity contribution in [2.45, 2.75) is 5.75 Å². The molecule has 0 radical (unpaired) electrons. The van der Waals surface area contributed by atoms with Crippen molar-refractivity contribution >= 4 is 33.0 Å². The predicted molar refractivity (Wildman–Crippen MR) is 90.9 cm³/mol. The largest absolute Gasteiger partial charge is 0.495 e. The maximum atomic E-state index is 12.2. The van der Waals surface area contributed by atoms with Crippen LogP contribution in [0.15, 0.2) is 42.5 Å². The maximum absolute atomic E-state index is 12.2. The van der Waals surface area contributed by atoms with Gasteiger partial charge in [0, 0.05) is 17.5 Å². The Hall–Kier alpha value is -2.05. The zero-order chi connectivity index (χ0) is 17.0. The minimum Gasteiger partial charge on any atom is -0.495 e. The van der Waals surface area contributed by atoms with E-state index in [1.807, 2.05) is 0 Å². The van der Waals surface area contributed by atoms with Crippen molar-refractivity contribution in [2.24, 2.45) is 0 Å². The van der Waals surface area contributed by atoms with Crippen LogP contribution in [0.3, 0.4) is 0 Å². The van der Waals surface area contributed by atoms with E-state index in [4.69, 9.17) is 16.3 Å². The molecule has 2 aromatic carbocycles. The van der Waals surface area contributed by atoms with E-state index in [1.54, 1.807) is 42.5 Å². The summed E-state index contributed by atoms with van der Waals surface area (Å²) in [7, 11) is -1.59. The lowest BCUT2D eigenvalue weighted by molar-refractivity contribution is 0.102. The van der Waals surface area contributed by atoms with Crippen molar-refractivity contribution in [1.82, 2.24) is 0 Å². The molecule has 122 valence electrons. The first-order valence-electron chi connectivity index (χ1n) is 6.70. The highest BCUT2D eigenvalue weighted by molar-refractivity contribution is 7.89. The Morgan fingerprint density at radius 1 is 1.17 bits per heavy atom. The van der Waals surface area contributed by atoms with E-state index in [-0.39, 0.29) is 11.7 Å². The Kier molecular flexibility index (Phi) is 5.28. The third-order valence-corrected chi connectivity index (χ3v) is 4.21. The Bertz CT molecular complexity index is 816. The van der Waals surface area contributed by atoms with Gasteiger partial charge in [0.15, 0.2) is 9.84 Å². The first kappa shape index (κ1) is 17.3. The molecule has 0 heterocycles. The quantitative estimate of drug-likeness (QED) is 0.896. The number of ether oxygens (including phenoxy) is 1. The number of methoxy groups -OCH3 is 1. The molecule has 0 bridgehead atoms. The van der Waals surface area contributed by atoms with E-state index in [9.17, 15) is 13.2 Å². The van der Waals surface area contributed by atoms with Crippen LogP contribution in [0.25, 0.3) is 0 Å². The van der Waals surface area contributed by atoms with Crippen LogP contribution >= 0.6 is 11.6 Å². The highest BCUT2D eigenvalue weighted by Gasteiger charge is 2.09. The van der Waals surface area contributed by atoms with E-state index in [1.165, 1.54) is 13.4 Å². The lowest BCUT2D eigenvalue weighted by atomic mass is 10.1. The molecule has 0 aliphatic carbocycles. The lowest BCUT2D eigenvalue weighted by Crippen LogP contribution is -2.12. The van der Waals surface area contributed by atoms with Gasteiger partial charge in [-0.1, -0.05) is 23.7 Å². The van der Waals surface area contributed by atoms with Crippen molar-refractivity contribution in [3.63, 3.8) is 0 Å². The molecule has 23 heavy (non-hydrogen) atoms. The fourth-order valence-corrected chi connectivity index (χ4v) is 3.06. The van der Waals surface area contributed by atoms with Crippen molar-refractivity contribution < 1.29 is 17.9 Å². The molecule has 0 fully saturated rings. The highest BCUT2D eigenvalue weighted by atomic mass is 35.5. The molecule has 0 saturated carbocycles. The number of hydrogen-bond acceptors (Lipinski definition) is 4. The summed E-state index contributed by atoms with van der Waals surface area (Å²) < 4.78 is 27.5. The molecule has 0 aliphatic heterocycles. The molecule has 1 amide bonds. The monoisotopic (exact) mass is 353 g/mol. The minimum atomic E-state index is -3.10. The van der Waals surface area contributed by atoms with Gasteiger partial charge in [-0.25, -0.2) is 8.42 Å².